The maximum Gasteiger partial charge on any atom is 0.0936 e. The summed E-state index contributed by atoms with van der Waals surface area (Å²) in [5.74, 6) is 0. The van der Waals surface area contributed by atoms with Gasteiger partial charge in [-0.1, -0.05) is 0 Å². The van der Waals surface area contributed by atoms with Crippen LogP contribution in [0.15, 0.2) is 0 Å². The van der Waals surface area contributed by atoms with Crippen LogP contribution in [0.25, 0.3) is 0 Å². The van der Waals surface area contributed by atoms with Crippen LogP contribution in [0.5, 0.6) is 0 Å². The molecule has 3 heteroatoms. The maximum absolute atomic E-state index is 5.30. The minimum atomic E-state index is 0.562. The zero-order valence-electron chi connectivity index (χ0n) is 8.00. The Labute approximate surface area is 79.0 Å². The van der Waals surface area contributed by atoms with E-state index in [-0.39, 0.29) is 0 Å². The largest absolute Gasteiger partial charge is 0.380 e. The fourth-order valence-corrected chi connectivity index (χ4v) is 2.35. The highest BCUT2D eigenvalue weighted by Gasteiger charge is 2.41. The van der Waals surface area contributed by atoms with Crippen LogP contribution < -0.4 is 0 Å². The summed E-state index contributed by atoms with van der Waals surface area (Å²) in [6.07, 6.45) is 3.23. The van der Waals surface area contributed by atoms with Crippen LogP contribution in [0.1, 0.15) is 12.8 Å². The number of ether oxygens (including phenoxy) is 2. The minimum Gasteiger partial charge on any atom is -0.380 e. The van der Waals surface area contributed by atoms with Gasteiger partial charge in [-0.15, -0.1) is 0 Å². The van der Waals surface area contributed by atoms with Crippen molar-refractivity contribution in [2.45, 2.75) is 18.9 Å². The van der Waals surface area contributed by atoms with Gasteiger partial charge in [-0.2, -0.15) is 0 Å². The standard InChI is InChI=1S/C10H17NO2/c1-3-11(5-9-6-13-9)4-2-10(1)7-12-8-10/h9H,1-8H2/t9-/m1/s1. The van der Waals surface area contributed by atoms with Crippen molar-refractivity contribution in [2.24, 2.45) is 5.41 Å². The lowest BCUT2D eigenvalue weighted by molar-refractivity contribution is -0.139. The molecule has 13 heavy (non-hydrogen) atoms. The molecule has 0 saturated carbocycles. The fourth-order valence-electron chi connectivity index (χ4n) is 2.35. The molecule has 3 rings (SSSR count). The number of nitrogens with zero attached hydrogens (tertiary/aromatic N) is 1. The summed E-state index contributed by atoms with van der Waals surface area (Å²) in [7, 11) is 0. The summed E-state index contributed by atoms with van der Waals surface area (Å²) < 4.78 is 10.5. The van der Waals surface area contributed by atoms with Crippen LogP contribution in [-0.2, 0) is 9.47 Å². The van der Waals surface area contributed by atoms with Crippen molar-refractivity contribution in [3.8, 4) is 0 Å². The number of piperidine rings is 1. The first-order valence-electron chi connectivity index (χ1n) is 5.28. The van der Waals surface area contributed by atoms with E-state index in [4.69, 9.17) is 9.47 Å². The molecule has 0 amide bonds. The van der Waals surface area contributed by atoms with Gasteiger partial charge in [0.15, 0.2) is 0 Å². The third-order valence-corrected chi connectivity index (χ3v) is 3.60. The summed E-state index contributed by atoms with van der Waals surface area (Å²) in [4.78, 5) is 2.54. The molecule has 3 fully saturated rings. The first-order valence-corrected chi connectivity index (χ1v) is 5.28. The van der Waals surface area contributed by atoms with Crippen LogP contribution in [-0.4, -0.2) is 50.5 Å². The molecule has 1 atom stereocenters. The van der Waals surface area contributed by atoms with Crippen molar-refractivity contribution in [1.29, 1.82) is 0 Å². The number of hydrogen-bond acceptors (Lipinski definition) is 3. The fraction of sp³-hybridized carbons (Fsp3) is 1.00. The number of rotatable bonds is 2. The van der Waals surface area contributed by atoms with Crippen molar-refractivity contribution in [3.05, 3.63) is 0 Å². The molecule has 3 saturated heterocycles. The van der Waals surface area contributed by atoms with E-state index in [0.29, 0.717) is 11.5 Å². The predicted molar refractivity (Wildman–Crippen MR) is 48.7 cm³/mol. The average Bonchev–Trinajstić information content (AvgIpc) is 2.87. The Morgan fingerprint density at radius 1 is 1.23 bits per heavy atom. The normalized spacial score (nSPS) is 37.4. The topological polar surface area (TPSA) is 25.0 Å². The van der Waals surface area contributed by atoms with Gasteiger partial charge in [-0.25, -0.2) is 0 Å². The quantitative estimate of drug-likeness (QED) is 0.583. The van der Waals surface area contributed by atoms with E-state index in [2.05, 4.69) is 4.90 Å². The Morgan fingerprint density at radius 2 is 1.92 bits per heavy atom. The Kier molecular flexibility index (Phi) is 1.86. The van der Waals surface area contributed by atoms with Crippen molar-refractivity contribution in [3.63, 3.8) is 0 Å². The maximum atomic E-state index is 5.30. The molecule has 0 bridgehead atoms. The zero-order valence-corrected chi connectivity index (χ0v) is 8.00. The van der Waals surface area contributed by atoms with Gasteiger partial charge < -0.3 is 14.4 Å². The molecular weight excluding hydrogens is 166 g/mol. The second kappa shape index (κ2) is 2.94. The van der Waals surface area contributed by atoms with Gasteiger partial charge in [0.1, 0.15) is 0 Å². The summed E-state index contributed by atoms with van der Waals surface area (Å²) in [5.41, 5.74) is 0.584. The molecule has 0 aromatic heterocycles. The summed E-state index contributed by atoms with van der Waals surface area (Å²) in [5, 5.41) is 0. The first kappa shape index (κ1) is 8.21. The Hall–Kier alpha value is -0.120. The van der Waals surface area contributed by atoms with Crippen LogP contribution in [0.3, 0.4) is 0 Å². The Balaban J connectivity index is 1.48. The van der Waals surface area contributed by atoms with E-state index >= 15 is 0 Å². The van der Waals surface area contributed by atoms with Gasteiger partial charge in [0.2, 0.25) is 0 Å². The molecule has 0 N–H and O–H groups in total. The zero-order chi connectivity index (χ0) is 8.73. The highest BCUT2D eigenvalue weighted by atomic mass is 16.6. The van der Waals surface area contributed by atoms with E-state index in [1.807, 2.05) is 0 Å². The lowest BCUT2D eigenvalue weighted by Gasteiger charge is -2.47. The van der Waals surface area contributed by atoms with E-state index in [1.54, 1.807) is 0 Å². The smallest absolute Gasteiger partial charge is 0.0936 e. The molecule has 0 aromatic rings. The molecule has 3 nitrogen and oxygen atoms in total. The molecule has 3 heterocycles. The third kappa shape index (κ3) is 1.60. The van der Waals surface area contributed by atoms with Crippen molar-refractivity contribution >= 4 is 0 Å². The van der Waals surface area contributed by atoms with Crippen LogP contribution in [0.2, 0.25) is 0 Å². The molecule has 0 aliphatic carbocycles. The second-order valence-electron chi connectivity index (χ2n) is 4.75. The lowest BCUT2D eigenvalue weighted by atomic mass is 9.77. The molecule has 0 aromatic carbocycles. The molecule has 0 unspecified atom stereocenters. The molecule has 1 spiro atoms. The number of hydrogen-bond donors (Lipinski definition) is 0. The molecule has 74 valence electrons. The average molecular weight is 183 g/mol. The van der Waals surface area contributed by atoms with Crippen LogP contribution in [0.4, 0.5) is 0 Å². The molecule has 0 radical (unpaired) electrons. The summed E-state index contributed by atoms with van der Waals surface area (Å²) >= 11 is 0. The highest BCUT2D eigenvalue weighted by Crippen LogP contribution is 2.38. The highest BCUT2D eigenvalue weighted by molar-refractivity contribution is 4.91. The van der Waals surface area contributed by atoms with Gasteiger partial charge in [0, 0.05) is 12.0 Å². The molecule has 3 aliphatic rings. The van der Waals surface area contributed by atoms with Crippen molar-refractivity contribution in [2.75, 3.05) is 39.5 Å². The van der Waals surface area contributed by atoms with E-state index < -0.39 is 0 Å². The Bertz CT molecular complexity index is 189. The van der Waals surface area contributed by atoms with Crippen LogP contribution >= 0.6 is 0 Å². The molecular formula is C10H17NO2. The van der Waals surface area contributed by atoms with Crippen molar-refractivity contribution in [1.82, 2.24) is 4.90 Å². The molecule has 3 aliphatic heterocycles. The van der Waals surface area contributed by atoms with Gasteiger partial charge in [-0.05, 0) is 25.9 Å². The number of likely N-dealkylation sites (tertiary alicyclic amines) is 1. The van der Waals surface area contributed by atoms with E-state index in [1.165, 1.54) is 25.9 Å². The number of epoxide rings is 1. The van der Waals surface area contributed by atoms with Gasteiger partial charge in [0.05, 0.1) is 25.9 Å². The van der Waals surface area contributed by atoms with E-state index in [9.17, 15) is 0 Å². The summed E-state index contributed by atoms with van der Waals surface area (Å²) in [6.45, 7) is 6.69. The van der Waals surface area contributed by atoms with Gasteiger partial charge in [-0.3, -0.25) is 0 Å². The SMILES string of the molecule is C1O[C@@H]1CN1CCC2(CC1)COC2. The van der Waals surface area contributed by atoms with Crippen molar-refractivity contribution < 1.29 is 9.47 Å². The van der Waals surface area contributed by atoms with Gasteiger partial charge in [0.25, 0.3) is 0 Å². The first-order chi connectivity index (χ1) is 6.36. The lowest BCUT2D eigenvalue weighted by Crippen LogP contribution is -2.51. The Morgan fingerprint density at radius 3 is 2.38 bits per heavy atom. The van der Waals surface area contributed by atoms with E-state index in [0.717, 1.165) is 26.4 Å². The third-order valence-electron chi connectivity index (χ3n) is 3.60. The van der Waals surface area contributed by atoms with Crippen LogP contribution in [0, 0.1) is 5.41 Å². The second-order valence-corrected chi connectivity index (χ2v) is 4.75. The monoisotopic (exact) mass is 183 g/mol. The van der Waals surface area contributed by atoms with Gasteiger partial charge >= 0.3 is 0 Å². The summed E-state index contributed by atoms with van der Waals surface area (Å²) in [6, 6.07) is 0. The minimum absolute atomic E-state index is 0.562. The predicted octanol–water partition coefficient (Wildman–Crippen LogP) is 0.498.